The van der Waals surface area contributed by atoms with E-state index in [1.807, 2.05) is 44.2 Å². The minimum atomic E-state index is -3.74. The van der Waals surface area contributed by atoms with Crippen LogP contribution in [0.5, 0.6) is 0 Å². The van der Waals surface area contributed by atoms with Crippen LogP contribution in [-0.2, 0) is 23.6 Å². The molecule has 23 heavy (non-hydrogen) atoms. The molecule has 7 heteroatoms. The molecule has 0 aliphatic heterocycles. The van der Waals surface area contributed by atoms with E-state index in [-0.39, 0.29) is 24.0 Å². The maximum Gasteiger partial charge on any atom is 0.246 e. The quantitative estimate of drug-likeness (QED) is 0.833. The standard InChI is InChI=1S/C16H23N3O3S/c1-13(2)16(12-20)19(10-14-7-5-4-6-8-14)23(21,22)15-9-17-18(3)11-15/h4-9,11,13,16,20H,10,12H2,1-3H3. The molecule has 0 spiro atoms. The van der Waals surface area contributed by atoms with E-state index in [0.717, 1.165) is 5.56 Å². The number of sulfonamides is 1. The number of hydrogen-bond acceptors (Lipinski definition) is 4. The molecule has 1 heterocycles. The molecule has 0 bridgehead atoms. The topological polar surface area (TPSA) is 75.4 Å². The van der Waals surface area contributed by atoms with E-state index in [1.165, 1.54) is 21.4 Å². The molecule has 0 aliphatic carbocycles. The second-order valence-electron chi connectivity index (χ2n) is 5.88. The van der Waals surface area contributed by atoms with E-state index in [9.17, 15) is 13.5 Å². The number of aromatic nitrogens is 2. The van der Waals surface area contributed by atoms with Crippen LogP contribution in [0.1, 0.15) is 19.4 Å². The van der Waals surface area contributed by atoms with Gasteiger partial charge in [-0.3, -0.25) is 4.68 Å². The number of aliphatic hydroxyl groups is 1. The Bertz CT molecular complexity index is 726. The van der Waals surface area contributed by atoms with Gasteiger partial charge >= 0.3 is 0 Å². The first kappa shape index (κ1) is 17.7. The Labute approximate surface area is 137 Å². The number of nitrogens with zero attached hydrogens (tertiary/aromatic N) is 3. The largest absolute Gasteiger partial charge is 0.395 e. The average molecular weight is 337 g/mol. The van der Waals surface area contributed by atoms with Gasteiger partial charge in [0.15, 0.2) is 0 Å². The zero-order chi connectivity index (χ0) is 17.0. The normalized spacial score (nSPS) is 13.7. The van der Waals surface area contributed by atoms with E-state index < -0.39 is 16.1 Å². The summed E-state index contributed by atoms with van der Waals surface area (Å²) >= 11 is 0. The second kappa shape index (κ2) is 7.25. The van der Waals surface area contributed by atoms with Gasteiger partial charge in [0.25, 0.3) is 0 Å². The lowest BCUT2D eigenvalue weighted by Crippen LogP contribution is -2.44. The van der Waals surface area contributed by atoms with Crippen LogP contribution < -0.4 is 0 Å². The molecule has 0 saturated carbocycles. The van der Waals surface area contributed by atoms with E-state index in [4.69, 9.17) is 0 Å². The molecular formula is C16H23N3O3S. The zero-order valence-electron chi connectivity index (χ0n) is 13.6. The molecule has 0 aliphatic rings. The predicted molar refractivity (Wildman–Crippen MR) is 88.1 cm³/mol. The molecule has 1 aromatic heterocycles. The lowest BCUT2D eigenvalue weighted by molar-refractivity contribution is 0.148. The van der Waals surface area contributed by atoms with Crippen molar-refractivity contribution in [1.82, 2.24) is 14.1 Å². The first-order chi connectivity index (χ1) is 10.9. The van der Waals surface area contributed by atoms with Gasteiger partial charge < -0.3 is 5.11 Å². The molecule has 0 saturated heterocycles. The molecular weight excluding hydrogens is 314 g/mol. The first-order valence-corrected chi connectivity index (χ1v) is 8.95. The highest BCUT2D eigenvalue weighted by atomic mass is 32.2. The Kier molecular flexibility index (Phi) is 5.56. The van der Waals surface area contributed by atoms with Crippen molar-refractivity contribution in [3.63, 3.8) is 0 Å². The minimum absolute atomic E-state index is 0.0184. The van der Waals surface area contributed by atoms with Gasteiger partial charge in [-0.15, -0.1) is 0 Å². The van der Waals surface area contributed by atoms with Gasteiger partial charge in [0.1, 0.15) is 4.90 Å². The maximum atomic E-state index is 13.0. The van der Waals surface area contributed by atoms with Crippen LogP contribution in [0.2, 0.25) is 0 Å². The van der Waals surface area contributed by atoms with Crippen molar-refractivity contribution in [3.8, 4) is 0 Å². The van der Waals surface area contributed by atoms with Gasteiger partial charge in [0.2, 0.25) is 10.0 Å². The lowest BCUT2D eigenvalue weighted by atomic mass is 10.1. The van der Waals surface area contributed by atoms with Crippen molar-refractivity contribution < 1.29 is 13.5 Å². The molecule has 0 amide bonds. The van der Waals surface area contributed by atoms with Gasteiger partial charge in [-0.05, 0) is 11.5 Å². The predicted octanol–water partition coefficient (Wildman–Crippen LogP) is 1.63. The molecule has 6 nitrogen and oxygen atoms in total. The highest BCUT2D eigenvalue weighted by molar-refractivity contribution is 7.89. The first-order valence-electron chi connectivity index (χ1n) is 7.51. The zero-order valence-corrected chi connectivity index (χ0v) is 14.4. The van der Waals surface area contributed by atoms with Gasteiger partial charge in [-0.2, -0.15) is 9.40 Å². The van der Waals surface area contributed by atoms with Crippen LogP contribution in [0, 0.1) is 5.92 Å². The highest BCUT2D eigenvalue weighted by Gasteiger charge is 2.33. The van der Waals surface area contributed by atoms with E-state index in [0.29, 0.717) is 0 Å². The summed E-state index contributed by atoms with van der Waals surface area (Å²) in [6.07, 6.45) is 2.81. The van der Waals surface area contributed by atoms with Gasteiger partial charge in [-0.1, -0.05) is 44.2 Å². The molecule has 2 aromatic rings. The van der Waals surface area contributed by atoms with Crippen LogP contribution in [0.15, 0.2) is 47.6 Å². The molecule has 1 N–H and O–H groups in total. The van der Waals surface area contributed by atoms with Crippen LogP contribution in [0.25, 0.3) is 0 Å². The van der Waals surface area contributed by atoms with E-state index in [2.05, 4.69) is 5.10 Å². The molecule has 2 rings (SSSR count). The van der Waals surface area contributed by atoms with Gasteiger partial charge in [-0.25, -0.2) is 8.42 Å². The Morgan fingerprint density at radius 3 is 2.39 bits per heavy atom. The monoisotopic (exact) mass is 337 g/mol. The second-order valence-corrected chi connectivity index (χ2v) is 7.77. The number of benzene rings is 1. The van der Waals surface area contributed by atoms with Crippen molar-refractivity contribution in [2.24, 2.45) is 13.0 Å². The summed E-state index contributed by atoms with van der Waals surface area (Å²) < 4.78 is 28.9. The Balaban J connectivity index is 2.44. The van der Waals surface area contributed by atoms with Crippen molar-refractivity contribution in [3.05, 3.63) is 48.3 Å². The van der Waals surface area contributed by atoms with Crippen LogP contribution in [-0.4, -0.2) is 40.3 Å². The summed E-state index contributed by atoms with van der Waals surface area (Å²) in [5, 5.41) is 13.7. The highest BCUT2D eigenvalue weighted by Crippen LogP contribution is 2.24. The molecule has 0 radical (unpaired) electrons. The minimum Gasteiger partial charge on any atom is -0.395 e. The summed E-state index contributed by atoms with van der Waals surface area (Å²) in [6, 6.07) is 8.87. The third-order valence-electron chi connectivity index (χ3n) is 3.80. The fourth-order valence-corrected chi connectivity index (χ4v) is 4.17. The Morgan fingerprint density at radius 1 is 1.26 bits per heavy atom. The molecule has 1 aromatic carbocycles. The maximum absolute atomic E-state index is 13.0. The smallest absolute Gasteiger partial charge is 0.246 e. The molecule has 1 unspecified atom stereocenters. The third-order valence-corrected chi connectivity index (χ3v) is 5.62. The number of aryl methyl sites for hydroxylation is 1. The fourth-order valence-electron chi connectivity index (χ4n) is 2.45. The Morgan fingerprint density at radius 2 is 1.91 bits per heavy atom. The molecule has 1 atom stereocenters. The summed E-state index contributed by atoms with van der Waals surface area (Å²) in [4.78, 5) is 0.134. The third kappa shape index (κ3) is 3.99. The summed E-state index contributed by atoms with van der Waals surface area (Å²) in [6.45, 7) is 3.78. The van der Waals surface area contributed by atoms with Crippen molar-refractivity contribution in [2.75, 3.05) is 6.61 Å². The number of rotatable bonds is 7. The van der Waals surface area contributed by atoms with Gasteiger partial charge in [0.05, 0.1) is 18.8 Å². The average Bonchev–Trinajstić information content (AvgIpc) is 2.95. The number of aliphatic hydroxyl groups excluding tert-OH is 1. The lowest BCUT2D eigenvalue weighted by Gasteiger charge is -2.32. The summed E-state index contributed by atoms with van der Waals surface area (Å²) in [7, 11) is -2.07. The van der Waals surface area contributed by atoms with Crippen molar-refractivity contribution >= 4 is 10.0 Å². The van der Waals surface area contributed by atoms with Crippen LogP contribution in [0.4, 0.5) is 0 Å². The van der Waals surface area contributed by atoms with E-state index in [1.54, 1.807) is 7.05 Å². The van der Waals surface area contributed by atoms with Gasteiger partial charge in [0, 0.05) is 19.8 Å². The van der Waals surface area contributed by atoms with Crippen molar-refractivity contribution in [2.45, 2.75) is 31.3 Å². The van der Waals surface area contributed by atoms with E-state index >= 15 is 0 Å². The fraction of sp³-hybridized carbons (Fsp3) is 0.438. The molecule has 0 fully saturated rings. The SMILES string of the molecule is CC(C)C(CO)N(Cc1ccccc1)S(=O)(=O)c1cnn(C)c1. The number of hydrogen-bond donors (Lipinski definition) is 1. The Hall–Kier alpha value is -1.70. The summed E-state index contributed by atoms with van der Waals surface area (Å²) in [5.41, 5.74) is 0.874. The summed E-state index contributed by atoms with van der Waals surface area (Å²) in [5.74, 6) is -0.0184. The van der Waals surface area contributed by atoms with Crippen molar-refractivity contribution in [1.29, 1.82) is 0 Å². The van der Waals surface area contributed by atoms with Crippen LogP contribution >= 0.6 is 0 Å². The van der Waals surface area contributed by atoms with Crippen LogP contribution in [0.3, 0.4) is 0 Å². The molecule has 126 valence electrons.